The van der Waals surface area contributed by atoms with Crippen molar-refractivity contribution in [2.24, 2.45) is 0 Å². The van der Waals surface area contributed by atoms with Gasteiger partial charge >= 0.3 is 0 Å². The third-order valence-electron chi connectivity index (χ3n) is 3.65. The Kier molecular flexibility index (Phi) is 5.45. The number of aryl methyl sites for hydroxylation is 1. The number of hydrogen-bond donors (Lipinski definition) is 0. The Hall–Kier alpha value is -2.67. The van der Waals surface area contributed by atoms with Crippen LogP contribution in [0.15, 0.2) is 46.3 Å². The van der Waals surface area contributed by atoms with Gasteiger partial charge in [-0.25, -0.2) is 0 Å². The average molecular weight is 357 g/mol. The number of amides is 1. The zero-order valence-corrected chi connectivity index (χ0v) is 15.0. The molecule has 0 radical (unpaired) electrons. The largest absolute Gasteiger partial charge is 0.484 e. The Morgan fingerprint density at radius 1 is 1.28 bits per heavy atom. The molecule has 1 amide bonds. The van der Waals surface area contributed by atoms with E-state index in [0.717, 1.165) is 10.4 Å². The molecule has 7 heteroatoms. The van der Waals surface area contributed by atoms with Crippen LogP contribution in [0.4, 0.5) is 0 Å². The summed E-state index contributed by atoms with van der Waals surface area (Å²) < 4.78 is 10.8. The predicted octanol–water partition coefficient (Wildman–Crippen LogP) is 3.53. The quantitative estimate of drug-likeness (QED) is 0.647. The second-order valence-electron chi connectivity index (χ2n) is 5.50. The highest BCUT2D eigenvalue weighted by atomic mass is 32.1. The first kappa shape index (κ1) is 17.2. The molecule has 0 fully saturated rings. The summed E-state index contributed by atoms with van der Waals surface area (Å²) in [6, 6.07) is 11.5. The SMILES string of the molecule is CCN(Cc1nc(-c2cccs2)no1)C(=O)COc1ccc(C)cc1. The van der Waals surface area contributed by atoms with Crippen molar-refractivity contribution in [2.75, 3.05) is 13.2 Å². The Labute approximate surface area is 150 Å². The van der Waals surface area contributed by atoms with Gasteiger partial charge in [0.2, 0.25) is 11.7 Å². The lowest BCUT2D eigenvalue weighted by atomic mass is 10.2. The topological polar surface area (TPSA) is 68.5 Å². The number of nitrogens with zero attached hydrogens (tertiary/aromatic N) is 3. The molecule has 1 aromatic carbocycles. The van der Waals surface area contributed by atoms with Crippen LogP contribution in [0.2, 0.25) is 0 Å². The van der Waals surface area contributed by atoms with Crippen molar-refractivity contribution in [1.29, 1.82) is 0 Å². The van der Waals surface area contributed by atoms with Gasteiger partial charge in [-0.3, -0.25) is 4.79 Å². The van der Waals surface area contributed by atoms with Crippen LogP contribution in [0.25, 0.3) is 10.7 Å². The van der Waals surface area contributed by atoms with Gasteiger partial charge in [0, 0.05) is 6.54 Å². The molecule has 0 atom stereocenters. The first-order valence-electron chi connectivity index (χ1n) is 7.99. The van der Waals surface area contributed by atoms with Crippen LogP contribution in [0.3, 0.4) is 0 Å². The molecule has 3 rings (SSSR count). The number of rotatable bonds is 7. The first-order chi connectivity index (χ1) is 12.2. The highest BCUT2D eigenvalue weighted by Crippen LogP contribution is 2.21. The normalized spacial score (nSPS) is 10.6. The van der Waals surface area contributed by atoms with E-state index >= 15 is 0 Å². The summed E-state index contributed by atoms with van der Waals surface area (Å²) in [7, 11) is 0. The van der Waals surface area contributed by atoms with Gasteiger partial charge in [0.05, 0.1) is 4.88 Å². The van der Waals surface area contributed by atoms with Crippen LogP contribution in [0.5, 0.6) is 5.75 Å². The fourth-order valence-corrected chi connectivity index (χ4v) is 2.88. The molecule has 0 spiro atoms. The molecule has 130 valence electrons. The van der Waals surface area contributed by atoms with Crippen LogP contribution in [0, 0.1) is 6.92 Å². The number of aromatic nitrogens is 2. The number of hydrogen-bond acceptors (Lipinski definition) is 6. The van der Waals surface area contributed by atoms with Crippen molar-refractivity contribution in [3.05, 3.63) is 53.2 Å². The minimum absolute atomic E-state index is 0.0250. The predicted molar refractivity (Wildman–Crippen MR) is 95.4 cm³/mol. The monoisotopic (exact) mass is 357 g/mol. The number of likely N-dealkylation sites (N-methyl/N-ethyl adjacent to an activating group) is 1. The van der Waals surface area contributed by atoms with Crippen molar-refractivity contribution in [1.82, 2.24) is 15.0 Å². The Morgan fingerprint density at radius 3 is 2.76 bits per heavy atom. The Balaban J connectivity index is 1.58. The van der Waals surface area contributed by atoms with E-state index in [0.29, 0.717) is 24.0 Å². The molecule has 2 heterocycles. The molecular weight excluding hydrogens is 338 g/mol. The zero-order chi connectivity index (χ0) is 17.6. The molecule has 0 saturated heterocycles. The molecular formula is C18H19N3O3S. The summed E-state index contributed by atoms with van der Waals surface area (Å²) in [5.74, 6) is 1.50. The van der Waals surface area contributed by atoms with E-state index in [1.54, 1.807) is 16.2 Å². The molecule has 0 bridgehead atoms. The van der Waals surface area contributed by atoms with Gasteiger partial charge in [-0.2, -0.15) is 4.98 Å². The van der Waals surface area contributed by atoms with Gasteiger partial charge < -0.3 is 14.2 Å². The molecule has 0 aliphatic heterocycles. The number of carbonyl (C=O) groups excluding carboxylic acids is 1. The second kappa shape index (κ2) is 7.94. The summed E-state index contributed by atoms with van der Waals surface area (Å²) in [4.78, 5) is 19.3. The summed E-state index contributed by atoms with van der Waals surface area (Å²) in [5.41, 5.74) is 1.15. The lowest BCUT2D eigenvalue weighted by molar-refractivity contribution is -0.134. The molecule has 0 aliphatic rings. The van der Waals surface area contributed by atoms with E-state index in [9.17, 15) is 4.79 Å². The van der Waals surface area contributed by atoms with Gasteiger partial charge in [0.1, 0.15) is 12.3 Å². The van der Waals surface area contributed by atoms with Gasteiger partial charge in [0.25, 0.3) is 5.91 Å². The van der Waals surface area contributed by atoms with E-state index in [1.807, 2.05) is 55.6 Å². The molecule has 0 saturated carbocycles. The molecule has 6 nitrogen and oxygen atoms in total. The lowest BCUT2D eigenvalue weighted by Crippen LogP contribution is -2.34. The van der Waals surface area contributed by atoms with Crippen LogP contribution in [-0.4, -0.2) is 34.1 Å². The minimum atomic E-state index is -0.126. The number of thiophene rings is 1. The van der Waals surface area contributed by atoms with Crippen LogP contribution in [0.1, 0.15) is 18.4 Å². The third-order valence-corrected chi connectivity index (χ3v) is 4.52. The maximum absolute atomic E-state index is 12.4. The van der Waals surface area contributed by atoms with E-state index < -0.39 is 0 Å². The number of ether oxygens (including phenoxy) is 1. The maximum Gasteiger partial charge on any atom is 0.260 e. The highest BCUT2D eigenvalue weighted by molar-refractivity contribution is 7.13. The van der Waals surface area contributed by atoms with E-state index in [1.165, 1.54) is 0 Å². The van der Waals surface area contributed by atoms with Crippen molar-refractivity contribution in [3.63, 3.8) is 0 Å². The summed E-state index contributed by atoms with van der Waals surface area (Å²) >= 11 is 1.54. The van der Waals surface area contributed by atoms with E-state index in [-0.39, 0.29) is 19.1 Å². The molecule has 0 aliphatic carbocycles. The Morgan fingerprint density at radius 2 is 2.08 bits per heavy atom. The molecule has 0 unspecified atom stereocenters. The van der Waals surface area contributed by atoms with Crippen molar-refractivity contribution in [2.45, 2.75) is 20.4 Å². The fraction of sp³-hybridized carbons (Fsp3) is 0.278. The zero-order valence-electron chi connectivity index (χ0n) is 14.1. The number of benzene rings is 1. The molecule has 0 N–H and O–H groups in total. The smallest absolute Gasteiger partial charge is 0.260 e. The van der Waals surface area contributed by atoms with Crippen LogP contribution < -0.4 is 4.74 Å². The molecule has 3 aromatic rings. The minimum Gasteiger partial charge on any atom is -0.484 e. The van der Waals surface area contributed by atoms with E-state index in [4.69, 9.17) is 9.26 Å². The van der Waals surface area contributed by atoms with E-state index in [2.05, 4.69) is 10.1 Å². The maximum atomic E-state index is 12.4. The fourth-order valence-electron chi connectivity index (χ4n) is 2.24. The average Bonchev–Trinajstić information content (AvgIpc) is 3.30. The summed E-state index contributed by atoms with van der Waals surface area (Å²) in [6.07, 6.45) is 0. The van der Waals surface area contributed by atoms with Gasteiger partial charge in [-0.15, -0.1) is 11.3 Å². The van der Waals surface area contributed by atoms with Gasteiger partial charge in [-0.1, -0.05) is 28.9 Å². The van der Waals surface area contributed by atoms with Crippen molar-refractivity contribution >= 4 is 17.2 Å². The summed E-state index contributed by atoms with van der Waals surface area (Å²) in [5, 5.41) is 5.92. The van der Waals surface area contributed by atoms with Crippen LogP contribution >= 0.6 is 11.3 Å². The first-order valence-corrected chi connectivity index (χ1v) is 8.87. The third kappa shape index (κ3) is 4.45. The van der Waals surface area contributed by atoms with Crippen molar-refractivity contribution in [3.8, 4) is 16.5 Å². The summed E-state index contributed by atoms with van der Waals surface area (Å²) in [6.45, 7) is 4.68. The molecule has 2 aromatic heterocycles. The Bertz CT molecular complexity index is 812. The van der Waals surface area contributed by atoms with Gasteiger partial charge in [0.15, 0.2) is 6.61 Å². The highest BCUT2D eigenvalue weighted by Gasteiger charge is 2.17. The van der Waals surface area contributed by atoms with Crippen LogP contribution in [-0.2, 0) is 11.3 Å². The van der Waals surface area contributed by atoms with Crippen molar-refractivity contribution < 1.29 is 14.1 Å². The standard InChI is InChI=1S/C18H19N3O3S/c1-3-21(17(22)12-23-14-8-6-13(2)7-9-14)11-16-19-18(20-24-16)15-5-4-10-25-15/h4-10H,3,11-12H2,1-2H3. The number of carbonyl (C=O) groups is 1. The molecule has 25 heavy (non-hydrogen) atoms. The lowest BCUT2D eigenvalue weighted by Gasteiger charge is -2.18. The van der Waals surface area contributed by atoms with Gasteiger partial charge in [-0.05, 0) is 37.4 Å². The second-order valence-corrected chi connectivity index (χ2v) is 6.45.